The minimum atomic E-state index is 0.354. The van der Waals surface area contributed by atoms with Gasteiger partial charge in [0.2, 0.25) is 0 Å². The molecule has 0 unspecified atom stereocenters. The first-order valence-electron chi connectivity index (χ1n) is 5.38. The van der Waals surface area contributed by atoms with E-state index < -0.39 is 0 Å². The Morgan fingerprint density at radius 1 is 1.29 bits per heavy atom. The van der Waals surface area contributed by atoms with E-state index in [0.717, 1.165) is 31.2 Å². The van der Waals surface area contributed by atoms with Crippen LogP contribution in [0, 0.1) is 6.92 Å². The van der Waals surface area contributed by atoms with E-state index in [0.29, 0.717) is 5.78 Å². The third kappa shape index (κ3) is 1.37. The first-order valence-corrected chi connectivity index (χ1v) is 5.38. The summed E-state index contributed by atoms with van der Waals surface area (Å²) in [6.07, 6.45) is 3.82. The summed E-state index contributed by atoms with van der Waals surface area (Å²) in [6, 6.07) is 4.27. The highest BCUT2D eigenvalue weighted by Gasteiger charge is 2.20. The molecule has 14 heavy (non-hydrogen) atoms. The summed E-state index contributed by atoms with van der Waals surface area (Å²) < 4.78 is 0. The van der Waals surface area contributed by atoms with Crippen molar-refractivity contribution in [3.05, 3.63) is 34.4 Å². The largest absolute Gasteiger partial charge is 0.294 e. The van der Waals surface area contributed by atoms with Crippen molar-refractivity contribution in [3.8, 4) is 0 Å². The molecule has 0 saturated carbocycles. The first kappa shape index (κ1) is 9.45. The maximum absolute atomic E-state index is 11.8. The molecule has 0 atom stereocenters. The normalized spacial score (nSPS) is 15.4. The van der Waals surface area contributed by atoms with Gasteiger partial charge < -0.3 is 0 Å². The molecule has 2 rings (SSSR count). The van der Waals surface area contributed by atoms with Crippen LogP contribution >= 0.6 is 0 Å². The van der Waals surface area contributed by atoms with E-state index in [1.54, 1.807) is 0 Å². The van der Waals surface area contributed by atoms with Gasteiger partial charge in [-0.3, -0.25) is 4.79 Å². The number of Topliss-reactive ketones (excluding diaryl/α,β-unsaturated/α-hetero) is 1. The van der Waals surface area contributed by atoms with Crippen molar-refractivity contribution in [1.82, 2.24) is 0 Å². The van der Waals surface area contributed by atoms with Crippen LogP contribution in [0.15, 0.2) is 12.1 Å². The second-order valence-electron chi connectivity index (χ2n) is 4.03. The Kier molecular flexibility index (Phi) is 2.40. The standard InChI is InChI=1S/C13H16O/c1-3-11-9(2)7-8-10-5-4-6-12(14)13(10)11/h7-8H,3-6H2,1-2H3. The second-order valence-corrected chi connectivity index (χ2v) is 4.03. The number of carbonyl (C=O) groups excluding carboxylic acids is 1. The Morgan fingerprint density at radius 3 is 2.79 bits per heavy atom. The molecule has 0 saturated heterocycles. The van der Waals surface area contributed by atoms with Crippen molar-refractivity contribution < 1.29 is 4.79 Å². The summed E-state index contributed by atoms with van der Waals surface area (Å²) in [5.74, 6) is 0.354. The number of carbonyl (C=O) groups is 1. The van der Waals surface area contributed by atoms with E-state index >= 15 is 0 Å². The summed E-state index contributed by atoms with van der Waals surface area (Å²) in [6.45, 7) is 4.23. The van der Waals surface area contributed by atoms with E-state index in [4.69, 9.17) is 0 Å². The van der Waals surface area contributed by atoms with Crippen molar-refractivity contribution >= 4 is 5.78 Å². The van der Waals surface area contributed by atoms with Crippen molar-refractivity contribution in [2.75, 3.05) is 0 Å². The summed E-state index contributed by atoms with van der Waals surface area (Å²) in [7, 11) is 0. The molecule has 1 aliphatic rings. The Hall–Kier alpha value is -1.11. The van der Waals surface area contributed by atoms with Gasteiger partial charge in [-0.1, -0.05) is 19.1 Å². The van der Waals surface area contributed by atoms with E-state index in [9.17, 15) is 4.79 Å². The van der Waals surface area contributed by atoms with Crippen LogP contribution in [0.3, 0.4) is 0 Å². The SMILES string of the molecule is CCc1c(C)ccc2c1C(=O)CCC2. The van der Waals surface area contributed by atoms with Crippen LogP contribution in [0.5, 0.6) is 0 Å². The van der Waals surface area contributed by atoms with Gasteiger partial charge in [0.05, 0.1) is 0 Å². The molecule has 0 amide bonds. The molecular formula is C13H16O. The fraction of sp³-hybridized carbons (Fsp3) is 0.462. The molecule has 1 nitrogen and oxygen atoms in total. The Bertz CT molecular complexity index is 377. The minimum absolute atomic E-state index is 0.354. The van der Waals surface area contributed by atoms with Crippen molar-refractivity contribution in [3.63, 3.8) is 0 Å². The summed E-state index contributed by atoms with van der Waals surface area (Å²) in [5, 5.41) is 0. The zero-order valence-electron chi connectivity index (χ0n) is 8.89. The Morgan fingerprint density at radius 2 is 2.07 bits per heavy atom. The van der Waals surface area contributed by atoms with Crippen LogP contribution in [0.4, 0.5) is 0 Å². The van der Waals surface area contributed by atoms with Gasteiger partial charge in [-0.05, 0) is 42.9 Å². The van der Waals surface area contributed by atoms with Gasteiger partial charge in [0, 0.05) is 12.0 Å². The monoisotopic (exact) mass is 188 g/mol. The number of hydrogen-bond donors (Lipinski definition) is 0. The molecule has 0 aliphatic heterocycles. The topological polar surface area (TPSA) is 17.1 Å². The smallest absolute Gasteiger partial charge is 0.163 e. The molecule has 1 heteroatoms. The third-order valence-electron chi connectivity index (χ3n) is 3.12. The zero-order chi connectivity index (χ0) is 10.1. The molecule has 0 spiro atoms. The van der Waals surface area contributed by atoms with E-state index in [-0.39, 0.29) is 0 Å². The fourth-order valence-electron chi connectivity index (χ4n) is 2.38. The van der Waals surface area contributed by atoms with E-state index in [1.165, 1.54) is 16.7 Å². The molecular weight excluding hydrogens is 172 g/mol. The van der Waals surface area contributed by atoms with Crippen LogP contribution in [0.2, 0.25) is 0 Å². The number of hydrogen-bond acceptors (Lipinski definition) is 1. The summed E-state index contributed by atoms with van der Waals surface area (Å²) in [5.41, 5.74) is 4.84. The lowest BCUT2D eigenvalue weighted by molar-refractivity contribution is 0.0971. The number of benzene rings is 1. The molecule has 0 radical (unpaired) electrons. The molecule has 1 aliphatic carbocycles. The fourth-order valence-corrected chi connectivity index (χ4v) is 2.38. The molecule has 0 N–H and O–H groups in total. The molecule has 74 valence electrons. The number of ketones is 1. The second kappa shape index (κ2) is 3.56. The number of rotatable bonds is 1. The lowest BCUT2D eigenvalue weighted by atomic mass is 9.84. The average Bonchev–Trinajstić information content (AvgIpc) is 2.19. The van der Waals surface area contributed by atoms with Crippen LogP contribution in [0.1, 0.15) is 46.8 Å². The highest BCUT2D eigenvalue weighted by atomic mass is 16.1. The molecule has 0 heterocycles. The van der Waals surface area contributed by atoms with Crippen LogP contribution < -0.4 is 0 Å². The van der Waals surface area contributed by atoms with Gasteiger partial charge in [-0.2, -0.15) is 0 Å². The van der Waals surface area contributed by atoms with E-state index in [2.05, 4.69) is 26.0 Å². The maximum atomic E-state index is 11.8. The van der Waals surface area contributed by atoms with Gasteiger partial charge in [0.25, 0.3) is 0 Å². The van der Waals surface area contributed by atoms with Gasteiger partial charge in [0.15, 0.2) is 5.78 Å². The first-order chi connectivity index (χ1) is 6.74. The Labute approximate surface area is 85.1 Å². The van der Waals surface area contributed by atoms with Gasteiger partial charge >= 0.3 is 0 Å². The quantitative estimate of drug-likeness (QED) is 0.662. The third-order valence-corrected chi connectivity index (χ3v) is 3.12. The predicted octanol–water partition coefficient (Wildman–Crippen LogP) is 3.08. The number of fused-ring (bicyclic) bond motifs is 1. The molecule has 1 aromatic rings. The summed E-state index contributed by atoms with van der Waals surface area (Å²) >= 11 is 0. The predicted molar refractivity (Wildman–Crippen MR) is 57.8 cm³/mol. The molecule has 0 bridgehead atoms. The minimum Gasteiger partial charge on any atom is -0.294 e. The molecule has 1 aromatic carbocycles. The van der Waals surface area contributed by atoms with Crippen LogP contribution in [0.25, 0.3) is 0 Å². The van der Waals surface area contributed by atoms with Crippen LogP contribution in [-0.2, 0) is 12.8 Å². The van der Waals surface area contributed by atoms with Gasteiger partial charge in [0.1, 0.15) is 0 Å². The summed E-state index contributed by atoms with van der Waals surface area (Å²) in [4.78, 5) is 11.8. The maximum Gasteiger partial charge on any atom is 0.163 e. The van der Waals surface area contributed by atoms with Crippen molar-refractivity contribution in [1.29, 1.82) is 0 Å². The highest BCUT2D eigenvalue weighted by molar-refractivity contribution is 6.00. The van der Waals surface area contributed by atoms with Crippen molar-refractivity contribution in [2.24, 2.45) is 0 Å². The van der Waals surface area contributed by atoms with Crippen molar-refractivity contribution in [2.45, 2.75) is 39.5 Å². The van der Waals surface area contributed by atoms with Crippen LogP contribution in [-0.4, -0.2) is 5.78 Å². The zero-order valence-corrected chi connectivity index (χ0v) is 8.89. The van der Waals surface area contributed by atoms with E-state index in [1.807, 2.05) is 0 Å². The molecule has 0 fully saturated rings. The Balaban J connectivity index is 2.63. The highest BCUT2D eigenvalue weighted by Crippen LogP contribution is 2.27. The van der Waals surface area contributed by atoms with Gasteiger partial charge in [-0.15, -0.1) is 0 Å². The lowest BCUT2D eigenvalue weighted by Gasteiger charge is -2.19. The number of aryl methyl sites for hydroxylation is 2. The molecule has 0 aromatic heterocycles. The lowest BCUT2D eigenvalue weighted by Crippen LogP contribution is -2.14. The van der Waals surface area contributed by atoms with Gasteiger partial charge in [-0.25, -0.2) is 0 Å². The average molecular weight is 188 g/mol.